The number of ether oxygens (including phenoxy) is 1. The molecule has 0 radical (unpaired) electrons. The zero-order valence-corrected chi connectivity index (χ0v) is 20.0. The number of imidazole rings is 1. The summed E-state index contributed by atoms with van der Waals surface area (Å²) in [5, 5.41) is 23.5. The van der Waals surface area contributed by atoms with Crippen LogP contribution in [0.15, 0.2) is 27.8 Å². The third kappa shape index (κ3) is 4.15. The van der Waals surface area contributed by atoms with Gasteiger partial charge < -0.3 is 23.8 Å². The molecule has 188 valence electrons. The maximum Gasteiger partial charge on any atom is 0.277 e. The molecule has 36 heavy (non-hydrogen) atoms. The molecule has 1 fully saturated rings. The average molecular weight is 496 g/mol. The van der Waals surface area contributed by atoms with E-state index >= 15 is 0 Å². The molecular formula is C24H26FN7O4. The molecule has 1 saturated heterocycles. The summed E-state index contributed by atoms with van der Waals surface area (Å²) >= 11 is 0. The van der Waals surface area contributed by atoms with Crippen LogP contribution in [-0.2, 0) is 11.3 Å². The van der Waals surface area contributed by atoms with E-state index in [0.29, 0.717) is 50.5 Å². The number of nitriles is 1. The molecule has 1 unspecified atom stereocenters. The Balaban J connectivity index is 1.65. The van der Waals surface area contributed by atoms with Gasteiger partial charge in [-0.2, -0.15) is 10.2 Å². The van der Waals surface area contributed by atoms with Crippen molar-refractivity contribution in [2.75, 3.05) is 33.4 Å². The molecule has 0 bridgehead atoms. The summed E-state index contributed by atoms with van der Waals surface area (Å²) in [4.78, 5) is 24.8. The molecule has 0 saturated carbocycles. The van der Waals surface area contributed by atoms with Gasteiger partial charge in [0.25, 0.3) is 5.56 Å². The number of aliphatic hydroxyl groups is 1. The largest absolute Gasteiger partial charge is 0.393 e. The van der Waals surface area contributed by atoms with Gasteiger partial charge in [-0.3, -0.25) is 9.20 Å². The van der Waals surface area contributed by atoms with Crippen molar-refractivity contribution < 1.29 is 18.8 Å². The van der Waals surface area contributed by atoms with Gasteiger partial charge in [-0.15, -0.1) is 0 Å². The number of hydrogen-bond donors (Lipinski definition) is 1. The number of halogens is 1. The number of methoxy groups -OCH3 is 1. The van der Waals surface area contributed by atoms with Crippen molar-refractivity contribution in [3.05, 3.63) is 46.1 Å². The first-order valence-corrected chi connectivity index (χ1v) is 11.8. The van der Waals surface area contributed by atoms with Crippen LogP contribution < -0.4 is 5.56 Å². The monoisotopic (exact) mass is 495 g/mol. The first kappa shape index (κ1) is 24.1. The molecule has 1 aliphatic rings. The first-order valence-electron chi connectivity index (χ1n) is 11.8. The van der Waals surface area contributed by atoms with E-state index in [9.17, 15) is 19.6 Å². The van der Waals surface area contributed by atoms with Crippen LogP contribution in [0.25, 0.3) is 28.1 Å². The standard InChI is InChI=1S/C24H26FN7O4/c1-14(12-35-2)23-28-22(29-36-23)19-21-24(34)31(10-9-30-7-5-15(33)6-8-30)20-16(11-26)17(25)3-4-18(20)32(21)13-27-19/h3-4,13-15,33H,5-10,12H2,1-2H3. The van der Waals surface area contributed by atoms with Crippen molar-refractivity contribution in [1.82, 2.24) is 29.0 Å². The van der Waals surface area contributed by atoms with E-state index in [0.717, 1.165) is 0 Å². The highest BCUT2D eigenvalue weighted by Gasteiger charge is 2.25. The van der Waals surface area contributed by atoms with Crippen molar-refractivity contribution in [2.24, 2.45) is 0 Å². The lowest BCUT2D eigenvalue weighted by Crippen LogP contribution is -2.39. The second-order valence-corrected chi connectivity index (χ2v) is 9.06. The van der Waals surface area contributed by atoms with Crippen LogP contribution in [0, 0.1) is 17.1 Å². The molecule has 0 spiro atoms. The van der Waals surface area contributed by atoms with Gasteiger partial charge in [0.05, 0.1) is 29.7 Å². The Bertz CT molecular complexity index is 1510. The molecule has 3 aromatic heterocycles. The van der Waals surface area contributed by atoms with Crippen molar-refractivity contribution in [3.8, 4) is 17.6 Å². The van der Waals surface area contributed by atoms with Gasteiger partial charge in [0.1, 0.15) is 35.0 Å². The Morgan fingerprint density at radius 3 is 2.81 bits per heavy atom. The minimum absolute atomic E-state index is 0.146. The summed E-state index contributed by atoms with van der Waals surface area (Å²) < 4.78 is 28.1. The summed E-state index contributed by atoms with van der Waals surface area (Å²) in [7, 11) is 1.58. The van der Waals surface area contributed by atoms with Crippen LogP contribution >= 0.6 is 0 Å². The van der Waals surface area contributed by atoms with Crippen molar-refractivity contribution >= 4 is 16.6 Å². The molecule has 1 aromatic carbocycles. The second-order valence-electron chi connectivity index (χ2n) is 9.06. The highest BCUT2D eigenvalue weighted by atomic mass is 19.1. The van der Waals surface area contributed by atoms with Gasteiger partial charge in [0.2, 0.25) is 11.7 Å². The SMILES string of the molecule is COCC(C)c1nc(-c2ncn3c2c(=O)n(CCN2CCC(O)CC2)c2c(C#N)c(F)ccc23)no1. The molecule has 11 nitrogen and oxygen atoms in total. The van der Waals surface area contributed by atoms with Gasteiger partial charge in [-0.05, 0) is 25.0 Å². The number of fused-ring (bicyclic) bond motifs is 3. The number of likely N-dealkylation sites (tertiary alicyclic amines) is 1. The Morgan fingerprint density at radius 1 is 1.31 bits per heavy atom. The summed E-state index contributed by atoms with van der Waals surface area (Å²) in [6.45, 7) is 4.39. The first-order chi connectivity index (χ1) is 17.4. The quantitative estimate of drug-likeness (QED) is 0.408. The molecular weight excluding hydrogens is 469 g/mol. The topological polar surface area (TPSA) is 135 Å². The van der Waals surface area contributed by atoms with E-state index in [1.54, 1.807) is 7.11 Å². The van der Waals surface area contributed by atoms with Crippen molar-refractivity contribution in [3.63, 3.8) is 0 Å². The van der Waals surface area contributed by atoms with Crippen molar-refractivity contribution in [1.29, 1.82) is 5.26 Å². The van der Waals surface area contributed by atoms with Crippen LogP contribution in [0.5, 0.6) is 0 Å². The Hall–Kier alpha value is -3.66. The van der Waals surface area contributed by atoms with Crippen LogP contribution in [0.1, 0.15) is 37.1 Å². The fraction of sp³-hybridized carbons (Fsp3) is 0.458. The van der Waals surface area contributed by atoms with E-state index in [1.165, 1.54) is 27.4 Å². The maximum atomic E-state index is 14.6. The summed E-state index contributed by atoms with van der Waals surface area (Å²) in [5.74, 6) is -0.331. The molecule has 5 rings (SSSR count). The second kappa shape index (κ2) is 9.77. The summed E-state index contributed by atoms with van der Waals surface area (Å²) in [5.41, 5.74) is 0.472. The normalized spacial score (nSPS) is 16.1. The van der Waals surface area contributed by atoms with Gasteiger partial charge in [0, 0.05) is 33.3 Å². The molecule has 0 aliphatic carbocycles. The molecule has 0 amide bonds. The number of hydrogen-bond acceptors (Lipinski definition) is 9. The van der Waals surface area contributed by atoms with Crippen LogP contribution in [-0.4, -0.2) is 73.6 Å². The third-order valence-electron chi connectivity index (χ3n) is 6.65. The molecule has 4 heterocycles. The Kier molecular flexibility index (Phi) is 6.53. The number of aromatic nitrogens is 5. The number of nitrogens with zero attached hydrogens (tertiary/aromatic N) is 7. The smallest absolute Gasteiger partial charge is 0.277 e. The third-order valence-corrected chi connectivity index (χ3v) is 6.65. The molecule has 1 atom stereocenters. The van der Waals surface area contributed by atoms with E-state index < -0.39 is 11.4 Å². The molecule has 1 aliphatic heterocycles. The zero-order valence-electron chi connectivity index (χ0n) is 20.0. The number of aliphatic hydroxyl groups excluding tert-OH is 1. The highest BCUT2D eigenvalue weighted by Crippen LogP contribution is 2.26. The van der Waals surface area contributed by atoms with Gasteiger partial charge in [0.15, 0.2) is 0 Å². The molecule has 1 N–H and O–H groups in total. The van der Waals surface area contributed by atoms with Crippen LogP contribution in [0.2, 0.25) is 0 Å². The number of piperidine rings is 1. The fourth-order valence-corrected chi connectivity index (χ4v) is 4.71. The van der Waals surface area contributed by atoms with Gasteiger partial charge in [-0.1, -0.05) is 12.1 Å². The lowest BCUT2D eigenvalue weighted by Gasteiger charge is -2.29. The minimum atomic E-state index is -0.700. The van der Waals surface area contributed by atoms with Crippen molar-refractivity contribution in [2.45, 2.75) is 38.3 Å². The fourth-order valence-electron chi connectivity index (χ4n) is 4.71. The number of rotatable bonds is 7. The van der Waals surface area contributed by atoms with Gasteiger partial charge in [-0.25, -0.2) is 9.37 Å². The highest BCUT2D eigenvalue weighted by molar-refractivity contribution is 5.87. The van der Waals surface area contributed by atoms with E-state index in [1.807, 2.05) is 13.0 Å². The van der Waals surface area contributed by atoms with E-state index in [4.69, 9.17) is 9.26 Å². The lowest BCUT2D eigenvalue weighted by molar-refractivity contribution is 0.0810. The van der Waals surface area contributed by atoms with Gasteiger partial charge >= 0.3 is 0 Å². The zero-order chi connectivity index (χ0) is 25.4. The maximum absolute atomic E-state index is 14.6. The Morgan fingerprint density at radius 2 is 2.08 bits per heavy atom. The predicted molar refractivity (Wildman–Crippen MR) is 127 cm³/mol. The van der Waals surface area contributed by atoms with E-state index in [2.05, 4.69) is 20.0 Å². The summed E-state index contributed by atoms with van der Waals surface area (Å²) in [6, 6.07) is 4.65. The van der Waals surface area contributed by atoms with E-state index in [-0.39, 0.29) is 46.7 Å². The molecule has 12 heteroatoms. The van der Waals surface area contributed by atoms with Crippen LogP contribution in [0.4, 0.5) is 4.39 Å². The summed E-state index contributed by atoms with van der Waals surface area (Å²) in [6.07, 6.45) is 2.43. The molecule has 4 aromatic rings. The predicted octanol–water partition coefficient (Wildman–Crippen LogP) is 1.92. The Labute approximate surface area is 205 Å². The number of benzene rings is 1. The lowest BCUT2D eigenvalue weighted by atomic mass is 10.1. The average Bonchev–Trinajstić information content (AvgIpc) is 3.53. The van der Waals surface area contributed by atoms with Crippen LogP contribution in [0.3, 0.4) is 0 Å². The minimum Gasteiger partial charge on any atom is -0.393 e.